The van der Waals surface area contributed by atoms with Gasteiger partial charge in [-0.1, -0.05) is 18.2 Å². The minimum absolute atomic E-state index is 0.0465. The highest BCUT2D eigenvalue weighted by molar-refractivity contribution is 7.91. The number of rotatable bonds is 7. The van der Waals surface area contributed by atoms with Crippen LogP contribution in [0.15, 0.2) is 46.9 Å². The van der Waals surface area contributed by atoms with Gasteiger partial charge in [-0.05, 0) is 37.6 Å². The second kappa shape index (κ2) is 8.47. The number of hydrogen-bond acceptors (Lipinski definition) is 7. The Kier molecular flexibility index (Phi) is 6.03. The quantitative estimate of drug-likeness (QED) is 0.695. The van der Waals surface area contributed by atoms with Gasteiger partial charge in [-0.25, -0.2) is 13.2 Å². The van der Waals surface area contributed by atoms with E-state index in [1.807, 2.05) is 18.2 Å². The van der Waals surface area contributed by atoms with E-state index in [2.05, 4.69) is 5.32 Å². The second-order valence-corrected chi connectivity index (χ2v) is 8.75. The number of amides is 1. The molecule has 1 aromatic heterocycles. The van der Waals surface area contributed by atoms with Crippen molar-refractivity contribution in [2.75, 3.05) is 11.5 Å². The van der Waals surface area contributed by atoms with Crippen LogP contribution in [0.25, 0.3) is 0 Å². The maximum Gasteiger partial charge on any atom is 0.375 e. The first-order valence-corrected chi connectivity index (χ1v) is 10.6. The Hall–Kier alpha value is -2.81. The molecule has 28 heavy (non-hydrogen) atoms. The molecule has 0 unspecified atom stereocenters. The summed E-state index contributed by atoms with van der Waals surface area (Å²) in [5.74, 6) is -0.322. The van der Waals surface area contributed by atoms with Crippen LogP contribution in [0.3, 0.4) is 0 Å². The molecule has 1 aliphatic rings. The van der Waals surface area contributed by atoms with E-state index in [-0.39, 0.29) is 23.9 Å². The van der Waals surface area contributed by atoms with Crippen LogP contribution in [0.4, 0.5) is 0 Å². The van der Waals surface area contributed by atoms with Gasteiger partial charge < -0.3 is 19.2 Å². The van der Waals surface area contributed by atoms with Crippen molar-refractivity contribution in [1.29, 1.82) is 0 Å². The standard InChI is InChI=1S/C19H21NO7S/c1-13(18(21)20-14-9-10-28(23,24)12-14)26-19(22)17-8-7-16(27-17)11-25-15-5-3-2-4-6-15/h2-8,13-14H,9-12H2,1H3,(H,20,21)/t13-,14-/m0/s1. The molecular formula is C19H21NO7S. The molecule has 1 fully saturated rings. The van der Waals surface area contributed by atoms with E-state index < -0.39 is 33.9 Å². The molecule has 1 amide bonds. The minimum atomic E-state index is -3.11. The van der Waals surface area contributed by atoms with Gasteiger partial charge in [0.1, 0.15) is 18.1 Å². The van der Waals surface area contributed by atoms with Crippen LogP contribution in [0, 0.1) is 0 Å². The van der Waals surface area contributed by atoms with E-state index in [0.717, 1.165) is 0 Å². The van der Waals surface area contributed by atoms with E-state index in [1.165, 1.54) is 13.0 Å². The van der Waals surface area contributed by atoms with Crippen LogP contribution in [0.1, 0.15) is 29.7 Å². The lowest BCUT2D eigenvalue weighted by molar-refractivity contribution is -0.129. The SMILES string of the molecule is C[C@H](OC(=O)c1ccc(COc2ccccc2)o1)C(=O)N[C@H]1CCS(=O)(=O)C1. The molecule has 1 aromatic carbocycles. The lowest BCUT2D eigenvalue weighted by atomic mass is 10.2. The highest BCUT2D eigenvalue weighted by Gasteiger charge is 2.31. The largest absolute Gasteiger partial charge is 0.486 e. The molecule has 0 radical (unpaired) electrons. The fourth-order valence-electron chi connectivity index (χ4n) is 2.74. The highest BCUT2D eigenvalue weighted by Crippen LogP contribution is 2.15. The first-order valence-electron chi connectivity index (χ1n) is 8.81. The number of esters is 1. The molecule has 150 valence electrons. The Morgan fingerprint density at radius 2 is 1.96 bits per heavy atom. The van der Waals surface area contributed by atoms with E-state index in [9.17, 15) is 18.0 Å². The zero-order chi connectivity index (χ0) is 20.1. The number of furan rings is 1. The summed E-state index contributed by atoms with van der Waals surface area (Å²) in [6, 6.07) is 11.7. The van der Waals surface area contributed by atoms with E-state index in [1.54, 1.807) is 18.2 Å². The van der Waals surface area contributed by atoms with Crippen molar-refractivity contribution in [3.05, 3.63) is 54.0 Å². The molecule has 2 atom stereocenters. The molecule has 0 spiro atoms. The Balaban J connectivity index is 1.48. The van der Waals surface area contributed by atoms with Crippen molar-refractivity contribution >= 4 is 21.7 Å². The van der Waals surface area contributed by atoms with Crippen molar-refractivity contribution in [2.45, 2.75) is 32.1 Å². The number of sulfone groups is 1. The summed E-state index contributed by atoms with van der Waals surface area (Å²) in [5, 5.41) is 2.59. The Morgan fingerprint density at radius 1 is 1.21 bits per heavy atom. The predicted molar refractivity (Wildman–Crippen MR) is 99.6 cm³/mol. The van der Waals surface area contributed by atoms with Crippen LogP contribution in [-0.2, 0) is 26.0 Å². The van der Waals surface area contributed by atoms with Crippen molar-refractivity contribution in [3.63, 3.8) is 0 Å². The number of benzene rings is 1. The summed E-state index contributed by atoms with van der Waals surface area (Å²) in [4.78, 5) is 24.3. The zero-order valence-electron chi connectivity index (χ0n) is 15.3. The van der Waals surface area contributed by atoms with Gasteiger partial charge in [-0.15, -0.1) is 0 Å². The number of para-hydroxylation sites is 1. The average Bonchev–Trinajstić information content (AvgIpc) is 3.27. The maximum atomic E-state index is 12.2. The third-order valence-corrected chi connectivity index (χ3v) is 5.99. The van der Waals surface area contributed by atoms with Crippen LogP contribution in [0.5, 0.6) is 5.75 Å². The average molecular weight is 407 g/mol. The Morgan fingerprint density at radius 3 is 2.64 bits per heavy atom. The number of carbonyl (C=O) groups is 2. The summed E-state index contributed by atoms with van der Waals surface area (Å²) < 4.78 is 38.9. The van der Waals surface area contributed by atoms with E-state index >= 15 is 0 Å². The monoisotopic (exact) mass is 407 g/mol. The fourth-order valence-corrected chi connectivity index (χ4v) is 4.41. The van der Waals surface area contributed by atoms with Crippen LogP contribution >= 0.6 is 0 Å². The summed E-state index contributed by atoms with van der Waals surface area (Å²) in [6.45, 7) is 1.56. The Labute approximate surface area is 162 Å². The van der Waals surface area contributed by atoms with Crippen molar-refractivity contribution < 1.29 is 31.9 Å². The van der Waals surface area contributed by atoms with E-state index in [0.29, 0.717) is 17.9 Å². The minimum Gasteiger partial charge on any atom is -0.486 e. The summed E-state index contributed by atoms with van der Waals surface area (Å²) in [5.41, 5.74) is 0. The van der Waals surface area contributed by atoms with Crippen LogP contribution in [0.2, 0.25) is 0 Å². The maximum absolute atomic E-state index is 12.2. The lowest BCUT2D eigenvalue weighted by Gasteiger charge is -2.16. The van der Waals surface area contributed by atoms with Gasteiger partial charge in [-0.3, -0.25) is 4.79 Å². The molecule has 0 saturated carbocycles. The topological polar surface area (TPSA) is 112 Å². The molecule has 8 nitrogen and oxygen atoms in total. The lowest BCUT2D eigenvalue weighted by Crippen LogP contribution is -2.42. The number of nitrogens with one attached hydrogen (secondary N) is 1. The van der Waals surface area contributed by atoms with Gasteiger partial charge in [0.15, 0.2) is 15.9 Å². The van der Waals surface area contributed by atoms with Gasteiger partial charge in [0.25, 0.3) is 5.91 Å². The summed E-state index contributed by atoms with van der Waals surface area (Å²) in [6.07, 6.45) is -0.720. The summed E-state index contributed by atoms with van der Waals surface area (Å²) >= 11 is 0. The van der Waals surface area contributed by atoms with Crippen molar-refractivity contribution in [1.82, 2.24) is 5.32 Å². The summed E-state index contributed by atoms with van der Waals surface area (Å²) in [7, 11) is -3.11. The number of ether oxygens (including phenoxy) is 2. The molecule has 2 aromatic rings. The van der Waals surface area contributed by atoms with Gasteiger partial charge in [0, 0.05) is 6.04 Å². The third kappa shape index (κ3) is 5.35. The highest BCUT2D eigenvalue weighted by atomic mass is 32.2. The molecule has 3 rings (SSSR count). The third-order valence-electron chi connectivity index (χ3n) is 4.22. The fraction of sp³-hybridized carbons (Fsp3) is 0.368. The molecule has 2 heterocycles. The first-order chi connectivity index (χ1) is 13.3. The molecule has 0 aliphatic carbocycles. The smallest absolute Gasteiger partial charge is 0.375 e. The van der Waals surface area contributed by atoms with Crippen molar-refractivity contribution in [3.8, 4) is 5.75 Å². The zero-order valence-corrected chi connectivity index (χ0v) is 16.1. The predicted octanol–water partition coefficient (Wildman–Crippen LogP) is 1.71. The molecular weight excluding hydrogens is 386 g/mol. The van der Waals surface area contributed by atoms with E-state index in [4.69, 9.17) is 13.9 Å². The van der Waals surface area contributed by atoms with Gasteiger partial charge in [0.05, 0.1) is 11.5 Å². The molecule has 1 N–H and O–H groups in total. The molecule has 1 saturated heterocycles. The van der Waals surface area contributed by atoms with Gasteiger partial charge in [0.2, 0.25) is 5.76 Å². The van der Waals surface area contributed by atoms with Gasteiger partial charge >= 0.3 is 5.97 Å². The van der Waals surface area contributed by atoms with Crippen LogP contribution in [-0.4, -0.2) is 43.9 Å². The van der Waals surface area contributed by atoms with Crippen LogP contribution < -0.4 is 10.1 Å². The molecule has 1 aliphatic heterocycles. The Bertz CT molecular complexity index is 936. The number of hydrogen-bond donors (Lipinski definition) is 1. The van der Waals surface area contributed by atoms with Crippen molar-refractivity contribution in [2.24, 2.45) is 0 Å². The second-order valence-electron chi connectivity index (χ2n) is 6.52. The normalized spacial score (nSPS) is 19.0. The number of carbonyl (C=O) groups excluding carboxylic acids is 2. The molecule has 0 bridgehead atoms. The first kappa shape index (κ1) is 19.9. The molecule has 9 heteroatoms. The van der Waals surface area contributed by atoms with Gasteiger partial charge in [-0.2, -0.15) is 0 Å².